The number of carbonyl (C=O) groups is 1. The zero-order valence-electron chi connectivity index (χ0n) is 16.7. The molecule has 3 nitrogen and oxygen atoms in total. The normalized spacial score (nSPS) is 12.2. The SMILES string of the molecule is CCCCCCNC(=O)CC(c1ccc(Cl)cc1)c1cn(C)c2ccccc12. The number of fused-ring (bicyclic) bond motifs is 1. The van der Waals surface area contributed by atoms with Gasteiger partial charge >= 0.3 is 0 Å². The standard InChI is InChI=1S/C24H29ClN2O/c1-3-4-5-8-15-26-24(28)16-21(18-11-13-19(25)14-12-18)22-17-27(2)23-10-7-6-9-20(22)23/h6-7,9-14,17,21H,3-5,8,15-16H2,1-2H3,(H,26,28). The third-order valence-corrected chi connectivity index (χ3v) is 5.57. The van der Waals surface area contributed by atoms with Crippen LogP contribution in [0.15, 0.2) is 54.7 Å². The van der Waals surface area contributed by atoms with E-state index >= 15 is 0 Å². The van der Waals surface area contributed by atoms with Crippen LogP contribution in [0.25, 0.3) is 10.9 Å². The lowest BCUT2D eigenvalue weighted by Crippen LogP contribution is -2.26. The summed E-state index contributed by atoms with van der Waals surface area (Å²) in [6, 6.07) is 16.2. The number of rotatable bonds is 9. The number of unbranched alkanes of at least 4 members (excludes halogenated alkanes) is 3. The molecule has 1 unspecified atom stereocenters. The summed E-state index contributed by atoms with van der Waals surface area (Å²) in [6.07, 6.45) is 7.22. The minimum atomic E-state index is -0.000918. The second kappa shape index (κ2) is 9.79. The maximum atomic E-state index is 12.7. The molecule has 3 rings (SSSR count). The van der Waals surface area contributed by atoms with Crippen molar-refractivity contribution in [2.24, 2.45) is 7.05 Å². The lowest BCUT2D eigenvalue weighted by atomic mass is 9.88. The van der Waals surface area contributed by atoms with Crippen molar-refractivity contribution in [3.63, 3.8) is 0 Å². The highest BCUT2D eigenvalue weighted by Crippen LogP contribution is 2.34. The summed E-state index contributed by atoms with van der Waals surface area (Å²) in [6.45, 7) is 2.95. The Hall–Kier alpha value is -2.26. The van der Waals surface area contributed by atoms with Crippen molar-refractivity contribution in [1.29, 1.82) is 0 Å². The van der Waals surface area contributed by atoms with Crippen LogP contribution < -0.4 is 5.32 Å². The van der Waals surface area contributed by atoms with Gasteiger partial charge in [0.2, 0.25) is 5.91 Å². The summed E-state index contributed by atoms with van der Waals surface area (Å²) in [5, 5.41) is 5.01. The van der Waals surface area contributed by atoms with E-state index in [1.54, 1.807) is 0 Å². The molecule has 1 N–H and O–H groups in total. The molecule has 1 atom stereocenters. The van der Waals surface area contributed by atoms with Gasteiger partial charge in [0, 0.05) is 48.1 Å². The first kappa shape index (κ1) is 20.5. The Kier molecular flexibility index (Phi) is 7.16. The Morgan fingerprint density at radius 1 is 1.07 bits per heavy atom. The monoisotopic (exact) mass is 396 g/mol. The van der Waals surface area contributed by atoms with Gasteiger partial charge in [-0.25, -0.2) is 0 Å². The molecule has 0 saturated heterocycles. The Morgan fingerprint density at radius 3 is 2.57 bits per heavy atom. The van der Waals surface area contributed by atoms with Crippen LogP contribution in [0.1, 0.15) is 56.1 Å². The van der Waals surface area contributed by atoms with Gasteiger partial charge in [-0.2, -0.15) is 0 Å². The third-order valence-electron chi connectivity index (χ3n) is 5.32. The van der Waals surface area contributed by atoms with Crippen LogP contribution in [0.5, 0.6) is 0 Å². The number of amides is 1. The minimum absolute atomic E-state index is 0.000918. The van der Waals surface area contributed by atoms with Gasteiger partial charge in [0.25, 0.3) is 0 Å². The molecule has 0 saturated carbocycles. The molecule has 0 aliphatic rings. The van der Waals surface area contributed by atoms with E-state index in [1.807, 2.05) is 30.3 Å². The molecule has 0 aliphatic heterocycles. The molecule has 1 aromatic heterocycles. The lowest BCUT2D eigenvalue weighted by molar-refractivity contribution is -0.121. The number of benzene rings is 2. The molecule has 4 heteroatoms. The molecule has 0 fully saturated rings. The summed E-state index contributed by atoms with van der Waals surface area (Å²) in [5.74, 6) is 0.100. The summed E-state index contributed by atoms with van der Waals surface area (Å²) < 4.78 is 2.14. The van der Waals surface area contributed by atoms with Crippen molar-refractivity contribution in [1.82, 2.24) is 9.88 Å². The van der Waals surface area contributed by atoms with Gasteiger partial charge in [-0.05, 0) is 35.7 Å². The van der Waals surface area contributed by atoms with Gasteiger partial charge < -0.3 is 9.88 Å². The molecular weight excluding hydrogens is 368 g/mol. The number of para-hydroxylation sites is 1. The Bertz CT molecular complexity index is 914. The van der Waals surface area contributed by atoms with Gasteiger partial charge in [-0.15, -0.1) is 0 Å². The first-order valence-electron chi connectivity index (χ1n) is 10.2. The Balaban J connectivity index is 1.84. The van der Waals surface area contributed by atoms with Gasteiger partial charge in [0.05, 0.1) is 0 Å². The van der Waals surface area contributed by atoms with Crippen LogP contribution in [0.3, 0.4) is 0 Å². The predicted molar refractivity (Wildman–Crippen MR) is 118 cm³/mol. The number of aryl methyl sites for hydroxylation is 1. The summed E-state index contributed by atoms with van der Waals surface area (Å²) in [7, 11) is 2.05. The maximum absolute atomic E-state index is 12.7. The van der Waals surface area contributed by atoms with Crippen LogP contribution in [-0.4, -0.2) is 17.0 Å². The number of halogens is 1. The van der Waals surface area contributed by atoms with Gasteiger partial charge in [-0.1, -0.05) is 68.1 Å². The topological polar surface area (TPSA) is 34.0 Å². The van der Waals surface area contributed by atoms with Crippen molar-refractivity contribution < 1.29 is 4.79 Å². The quantitative estimate of drug-likeness (QED) is 0.439. The number of carbonyl (C=O) groups excluding carboxylic acids is 1. The number of hydrogen-bond acceptors (Lipinski definition) is 1. The van der Waals surface area contributed by atoms with E-state index in [0.29, 0.717) is 11.4 Å². The van der Waals surface area contributed by atoms with Crippen molar-refractivity contribution in [3.8, 4) is 0 Å². The third kappa shape index (κ3) is 4.96. The summed E-state index contributed by atoms with van der Waals surface area (Å²) >= 11 is 6.09. The largest absolute Gasteiger partial charge is 0.356 e. The van der Waals surface area contributed by atoms with Crippen LogP contribution in [0, 0.1) is 0 Å². The van der Waals surface area contributed by atoms with Gasteiger partial charge in [0.1, 0.15) is 0 Å². The fraction of sp³-hybridized carbons (Fsp3) is 0.375. The number of nitrogens with one attached hydrogen (secondary N) is 1. The predicted octanol–water partition coefficient (Wildman–Crippen LogP) is 6.05. The van der Waals surface area contributed by atoms with Crippen LogP contribution in [0.4, 0.5) is 0 Å². The van der Waals surface area contributed by atoms with E-state index in [2.05, 4.69) is 48.3 Å². The smallest absolute Gasteiger partial charge is 0.220 e. The van der Waals surface area contributed by atoms with Gasteiger partial charge in [-0.3, -0.25) is 4.79 Å². The van der Waals surface area contributed by atoms with Crippen molar-refractivity contribution >= 4 is 28.4 Å². The molecule has 0 radical (unpaired) electrons. The second-order valence-corrected chi connectivity index (χ2v) is 7.87. The fourth-order valence-electron chi connectivity index (χ4n) is 3.79. The van der Waals surface area contributed by atoms with Gasteiger partial charge in [0.15, 0.2) is 0 Å². The fourth-order valence-corrected chi connectivity index (χ4v) is 3.92. The van der Waals surface area contributed by atoms with E-state index in [0.717, 1.165) is 18.5 Å². The van der Waals surface area contributed by atoms with Crippen molar-refractivity contribution in [3.05, 3.63) is 70.9 Å². The highest BCUT2D eigenvalue weighted by atomic mass is 35.5. The summed E-state index contributed by atoms with van der Waals surface area (Å²) in [5.41, 5.74) is 3.47. The molecule has 1 amide bonds. The van der Waals surface area contributed by atoms with Crippen LogP contribution >= 0.6 is 11.6 Å². The average molecular weight is 397 g/mol. The van der Waals surface area contributed by atoms with E-state index in [4.69, 9.17) is 11.6 Å². The van der Waals surface area contributed by atoms with Crippen molar-refractivity contribution in [2.45, 2.75) is 44.9 Å². The molecule has 0 bridgehead atoms. The Labute approximate surface area is 172 Å². The molecule has 148 valence electrons. The number of aromatic nitrogens is 1. The molecule has 28 heavy (non-hydrogen) atoms. The molecule has 0 spiro atoms. The first-order valence-corrected chi connectivity index (χ1v) is 10.5. The maximum Gasteiger partial charge on any atom is 0.220 e. The molecule has 2 aromatic carbocycles. The summed E-state index contributed by atoms with van der Waals surface area (Å²) in [4.78, 5) is 12.7. The van der Waals surface area contributed by atoms with Crippen LogP contribution in [0.2, 0.25) is 5.02 Å². The number of hydrogen-bond donors (Lipinski definition) is 1. The number of nitrogens with zero attached hydrogens (tertiary/aromatic N) is 1. The van der Waals surface area contributed by atoms with E-state index in [1.165, 1.54) is 35.7 Å². The first-order chi connectivity index (χ1) is 13.6. The van der Waals surface area contributed by atoms with Crippen LogP contribution in [-0.2, 0) is 11.8 Å². The highest BCUT2D eigenvalue weighted by Gasteiger charge is 2.22. The molecular formula is C24H29ClN2O. The van der Waals surface area contributed by atoms with E-state index in [9.17, 15) is 4.79 Å². The molecule has 3 aromatic rings. The van der Waals surface area contributed by atoms with Crippen molar-refractivity contribution in [2.75, 3.05) is 6.54 Å². The highest BCUT2D eigenvalue weighted by molar-refractivity contribution is 6.30. The lowest BCUT2D eigenvalue weighted by Gasteiger charge is -2.17. The average Bonchev–Trinajstić information content (AvgIpc) is 3.03. The zero-order valence-corrected chi connectivity index (χ0v) is 17.5. The minimum Gasteiger partial charge on any atom is -0.356 e. The molecule has 1 heterocycles. The zero-order chi connectivity index (χ0) is 19.9. The Morgan fingerprint density at radius 2 is 1.82 bits per heavy atom. The molecule has 0 aliphatic carbocycles. The van der Waals surface area contributed by atoms with E-state index in [-0.39, 0.29) is 11.8 Å². The van der Waals surface area contributed by atoms with E-state index < -0.39 is 0 Å². The second-order valence-electron chi connectivity index (χ2n) is 7.43.